The average molecular weight is 394 g/mol. The van der Waals surface area contributed by atoms with Crippen molar-refractivity contribution in [3.05, 3.63) is 24.0 Å². The molecule has 0 saturated carbocycles. The van der Waals surface area contributed by atoms with Crippen LogP contribution in [-0.2, 0) is 33.0 Å². The number of amides is 1. The molecule has 1 aromatic heterocycles. The highest BCUT2D eigenvalue weighted by Crippen LogP contribution is 2.21. The maximum absolute atomic E-state index is 12.3. The largest absolute Gasteiger partial charge is 0.376 e. The second kappa shape index (κ2) is 7.95. The van der Waals surface area contributed by atoms with Gasteiger partial charge < -0.3 is 14.6 Å². The number of aryl methyl sites for hydroxylation is 2. The molecular weight excluding hydrogens is 368 g/mol. The third-order valence-electron chi connectivity index (χ3n) is 4.85. The number of sulfonamides is 1. The Labute approximate surface area is 159 Å². The number of nitrogens with one attached hydrogen (secondary N) is 1. The second-order valence-corrected chi connectivity index (χ2v) is 9.12. The fourth-order valence-corrected chi connectivity index (χ4v) is 4.09. The van der Waals surface area contributed by atoms with Crippen molar-refractivity contribution in [2.75, 3.05) is 27.2 Å². The van der Waals surface area contributed by atoms with Gasteiger partial charge in [-0.1, -0.05) is 0 Å². The molecule has 148 valence electrons. The molecule has 0 bridgehead atoms. The number of benzene rings is 1. The molecule has 3 rings (SSSR count). The van der Waals surface area contributed by atoms with Gasteiger partial charge in [-0.15, -0.1) is 0 Å². The lowest BCUT2D eigenvalue weighted by molar-refractivity contribution is -0.121. The first-order chi connectivity index (χ1) is 12.8. The van der Waals surface area contributed by atoms with E-state index in [1.165, 1.54) is 18.4 Å². The van der Waals surface area contributed by atoms with Gasteiger partial charge in [-0.05, 0) is 31.0 Å². The van der Waals surface area contributed by atoms with E-state index in [1.54, 1.807) is 18.2 Å². The first-order valence-corrected chi connectivity index (χ1v) is 10.5. The van der Waals surface area contributed by atoms with Crippen molar-refractivity contribution in [3.63, 3.8) is 0 Å². The van der Waals surface area contributed by atoms with E-state index < -0.39 is 10.0 Å². The Morgan fingerprint density at radius 3 is 2.85 bits per heavy atom. The molecule has 1 aliphatic rings. The summed E-state index contributed by atoms with van der Waals surface area (Å²) in [7, 11) is 1.36. The van der Waals surface area contributed by atoms with Crippen LogP contribution in [0.15, 0.2) is 23.1 Å². The Kier molecular flexibility index (Phi) is 5.83. The van der Waals surface area contributed by atoms with Crippen LogP contribution in [-0.4, -0.2) is 61.5 Å². The molecule has 0 radical (unpaired) electrons. The van der Waals surface area contributed by atoms with Crippen molar-refractivity contribution in [2.45, 2.75) is 36.7 Å². The molecule has 8 nitrogen and oxygen atoms in total. The molecule has 1 amide bonds. The van der Waals surface area contributed by atoms with Gasteiger partial charge in [0.05, 0.1) is 22.0 Å². The summed E-state index contributed by atoms with van der Waals surface area (Å²) in [5.41, 5.74) is 1.44. The van der Waals surface area contributed by atoms with Gasteiger partial charge in [-0.3, -0.25) is 4.79 Å². The molecule has 1 atom stereocenters. The van der Waals surface area contributed by atoms with Crippen molar-refractivity contribution in [3.8, 4) is 0 Å². The van der Waals surface area contributed by atoms with Gasteiger partial charge in [-0.2, -0.15) is 0 Å². The van der Waals surface area contributed by atoms with Gasteiger partial charge in [0.1, 0.15) is 5.82 Å². The van der Waals surface area contributed by atoms with Crippen LogP contribution in [0.25, 0.3) is 11.0 Å². The monoisotopic (exact) mass is 394 g/mol. The van der Waals surface area contributed by atoms with Gasteiger partial charge in [0.25, 0.3) is 0 Å². The van der Waals surface area contributed by atoms with Crippen LogP contribution in [0.5, 0.6) is 0 Å². The number of rotatable bonds is 7. The smallest absolute Gasteiger partial charge is 0.242 e. The van der Waals surface area contributed by atoms with Crippen molar-refractivity contribution in [2.24, 2.45) is 7.05 Å². The normalized spacial score (nSPS) is 17.7. The zero-order chi connectivity index (χ0) is 19.6. The van der Waals surface area contributed by atoms with Gasteiger partial charge in [-0.25, -0.2) is 17.7 Å². The topological polar surface area (TPSA) is 93.5 Å². The summed E-state index contributed by atoms with van der Waals surface area (Å²) in [6.07, 6.45) is 2.97. The predicted molar refractivity (Wildman–Crippen MR) is 102 cm³/mol. The quantitative estimate of drug-likeness (QED) is 0.758. The zero-order valence-corrected chi connectivity index (χ0v) is 16.8. The number of ether oxygens (including phenoxy) is 1. The number of fused-ring (bicyclic) bond motifs is 1. The van der Waals surface area contributed by atoms with Crippen LogP contribution in [0.3, 0.4) is 0 Å². The van der Waals surface area contributed by atoms with Crippen molar-refractivity contribution < 1.29 is 17.9 Å². The molecule has 27 heavy (non-hydrogen) atoms. The van der Waals surface area contributed by atoms with Gasteiger partial charge >= 0.3 is 0 Å². The Morgan fingerprint density at radius 2 is 2.19 bits per heavy atom. The first-order valence-electron chi connectivity index (χ1n) is 9.05. The summed E-state index contributed by atoms with van der Waals surface area (Å²) in [6.45, 7) is 1.32. The number of hydrogen-bond donors (Lipinski definition) is 1. The Bertz CT molecular complexity index is 930. The summed E-state index contributed by atoms with van der Waals surface area (Å²) in [4.78, 5) is 16.8. The maximum Gasteiger partial charge on any atom is 0.242 e. The van der Waals surface area contributed by atoms with E-state index in [0.29, 0.717) is 24.9 Å². The van der Waals surface area contributed by atoms with E-state index in [-0.39, 0.29) is 16.9 Å². The van der Waals surface area contributed by atoms with E-state index in [2.05, 4.69) is 10.3 Å². The molecule has 1 aromatic carbocycles. The van der Waals surface area contributed by atoms with Crippen LogP contribution < -0.4 is 5.32 Å². The number of imidazole rings is 1. The van der Waals surface area contributed by atoms with Crippen LogP contribution in [0.1, 0.15) is 25.1 Å². The van der Waals surface area contributed by atoms with Crippen molar-refractivity contribution >= 4 is 27.0 Å². The SMILES string of the molecule is CN(C)S(=O)(=O)c1ccc2c(c1)nc(CCC(=O)NCC1CCCO1)n2C. The van der Waals surface area contributed by atoms with E-state index >= 15 is 0 Å². The summed E-state index contributed by atoms with van der Waals surface area (Å²) < 4.78 is 33.2. The third kappa shape index (κ3) is 4.31. The number of hydrogen-bond acceptors (Lipinski definition) is 5. The molecule has 0 aliphatic carbocycles. The second-order valence-electron chi connectivity index (χ2n) is 6.96. The Hall–Kier alpha value is -1.97. The number of carbonyl (C=O) groups excluding carboxylic acids is 1. The molecule has 0 spiro atoms. The first kappa shape index (κ1) is 19.8. The lowest BCUT2D eigenvalue weighted by atomic mass is 10.2. The lowest BCUT2D eigenvalue weighted by Gasteiger charge is -2.11. The molecule has 1 fully saturated rings. The molecule has 9 heteroatoms. The Morgan fingerprint density at radius 1 is 1.41 bits per heavy atom. The van der Waals surface area contributed by atoms with Crippen molar-refractivity contribution in [1.29, 1.82) is 0 Å². The molecule has 1 saturated heterocycles. The minimum absolute atomic E-state index is 0.0339. The van der Waals surface area contributed by atoms with Crippen molar-refractivity contribution in [1.82, 2.24) is 19.2 Å². The van der Waals surface area contributed by atoms with E-state index in [0.717, 1.165) is 30.8 Å². The van der Waals surface area contributed by atoms with E-state index in [1.807, 2.05) is 11.6 Å². The fourth-order valence-electron chi connectivity index (χ4n) is 3.17. The number of nitrogens with zero attached hydrogens (tertiary/aromatic N) is 3. The van der Waals surface area contributed by atoms with Gasteiger partial charge in [0.2, 0.25) is 15.9 Å². The van der Waals surface area contributed by atoms with Crippen LogP contribution in [0.2, 0.25) is 0 Å². The Balaban J connectivity index is 1.68. The van der Waals surface area contributed by atoms with E-state index in [9.17, 15) is 13.2 Å². The predicted octanol–water partition coefficient (Wildman–Crippen LogP) is 1.05. The molecule has 1 N–H and O–H groups in total. The zero-order valence-electron chi connectivity index (χ0n) is 15.9. The standard InChI is InChI=1S/C18H26N4O4S/c1-21(2)27(24,25)14-6-7-16-15(11-14)20-17(22(16)3)8-9-18(23)19-12-13-5-4-10-26-13/h6-7,11,13H,4-5,8-10,12H2,1-3H3,(H,19,23). The summed E-state index contributed by atoms with van der Waals surface area (Å²) in [5, 5.41) is 2.90. The summed E-state index contributed by atoms with van der Waals surface area (Å²) in [5.74, 6) is 0.713. The third-order valence-corrected chi connectivity index (χ3v) is 6.66. The molecule has 1 aliphatic heterocycles. The fraction of sp³-hybridized carbons (Fsp3) is 0.556. The van der Waals surface area contributed by atoms with Crippen LogP contribution in [0.4, 0.5) is 0 Å². The summed E-state index contributed by atoms with van der Waals surface area (Å²) >= 11 is 0. The highest BCUT2D eigenvalue weighted by atomic mass is 32.2. The molecule has 2 heterocycles. The minimum atomic E-state index is -3.51. The van der Waals surface area contributed by atoms with Crippen LogP contribution >= 0.6 is 0 Å². The lowest BCUT2D eigenvalue weighted by Crippen LogP contribution is -2.32. The summed E-state index contributed by atoms with van der Waals surface area (Å²) in [6, 6.07) is 4.91. The number of aromatic nitrogens is 2. The molecular formula is C18H26N4O4S. The van der Waals surface area contributed by atoms with E-state index in [4.69, 9.17) is 4.74 Å². The van der Waals surface area contributed by atoms with Crippen LogP contribution in [0, 0.1) is 0 Å². The van der Waals surface area contributed by atoms with Gasteiger partial charge in [0, 0.05) is 47.1 Å². The maximum atomic E-state index is 12.3. The molecule has 1 unspecified atom stereocenters. The highest BCUT2D eigenvalue weighted by Gasteiger charge is 2.20. The highest BCUT2D eigenvalue weighted by molar-refractivity contribution is 7.89. The minimum Gasteiger partial charge on any atom is -0.376 e. The molecule has 2 aromatic rings. The number of carbonyl (C=O) groups is 1. The van der Waals surface area contributed by atoms with Gasteiger partial charge in [0.15, 0.2) is 0 Å². The average Bonchev–Trinajstić information content (AvgIpc) is 3.26.